The number of carbonyl (C=O) groups is 1. The summed E-state index contributed by atoms with van der Waals surface area (Å²) in [4.78, 5) is 24.5. The van der Waals surface area contributed by atoms with Gasteiger partial charge in [0.25, 0.3) is 0 Å². The molecule has 2 atom stereocenters. The second kappa shape index (κ2) is 5.79. The number of likely N-dealkylation sites (tertiary alicyclic amines) is 1. The molecule has 2 fully saturated rings. The number of aliphatic carboxylic acids is 1. The monoisotopic (exact) mass is 339 g/mol. The van der Waals surface area contributed by atoms with E-state index in [1.807, 2.05) is 11.9 Å². The summed E-state index contributed by atoms with van der Waals surface area (Å²) in [6.07, 6.45) is 2.22. The lowest BCUT2D eigenvalue weighted by atomic mass is 9.68. The number of aromatic nitrogens is 2. The van der Waals surface area contributed by atoms with Crippen LogP contribution in [0, 0.1) is 12.3 Å². The van der Waals surface area contributed by atoms with Gasteiger partial charge < -0.3 is 20.6 Å². The Morgan fingerprint density at radius 2 is 2.13 bits per heavy atom. The number of nitrogen functional groups attached to an aromatic ring is 1. The normalized spacial score (nSPS) is 28.5. The van der Waals surface area contributed by atoms with Gasteiger partial charge in [0.2, 0.25) is 5.95 Å². The number of halogens is 1. The molecule has 1 aromatic rings. The summed E-state index contributed by atoms with van der Waals surface area (Å²) in [7, 11) is 1.99. The van der Waals surface area contributed by atoms with Crippen LogP contribution in [0.4, 0.5) is 11.8 Å². The number of piperidine rings is 2. The first-order valence-electron chi connectivity index (χ1n) is 7.83. The lowest BCUT2D eigenvalue weighted by molar-refractivity contribution is -0.158. The SMILES string of the molecule is Cc1nc(N)nc(N2CC[C@@]3(C(=O)O)CCCN(C)[C@@H]3C2)c1Cl. The quantitative estimate of drug-likeness (QED) is 0.840. The fourth-order valence-electron chi connectivity index (χ4n) is 3.95. The van der Waals surface area contributed by atoms with Gasteiger partial charge in [-0.15, -0.1) is 0 Å². The molecule has 7 nitrogen and oxygen atoms in total. The fraction of sp³-hybridized carbons (Fsp3) is 0.667. The second-order valence-electron chi connectivity index (χ2n) is 6.56. The van der Waals surface area contributed by atoms with Crippen LogP contribution in [0.2, 0.25) is 5.02 Å². The molecule has 2 saturated heterocycles. The number of aryl methyl sites for hydroxylation is 1. The molecule has 0 bridgehead atoms. The van der Waals surface area contributed by atoms with Gasteiger partial charge in [0, 0.05) is 19.1 Å². The van der Waals surface area contributed by atoms with E-state index in [-0.39, 0.29) is 12.0 Å². The summed E-state index contributed by atoms with van der Waals surface area (Å²) in [5.74, 6) is 0.0989. The van der Waals surface area contributed by atoms with Crippen LogP contribution in [0.1, 0.15) is 25.0 Å². The van der Waals surface area contributed by atoms with Crippen LogP contribution in [0.3, 0.4) is 0 Å². The minimum absolute atomic E-state index is 0.0601. The number of hydrogen-bond donors (Lipinski definition) is 2. The van der Waals surface area contributed by atoms with Crippen molar-refractivity contribution < 1.29 is 9.90 Å². The molecule has 3 rings (SSSR count). The highest BCUT2D eigenvalue weighted by Crippen LogP contribution is 2.43. The fourth-order valence-corrected chi connectivity index (χ4v) is 4.16. The van der Waals surface area contributed by atoms with Crippen molar-refractivity contribution in [2.75, 3.05) is 37.3 Å². The van der Waals surface area contributed by atoms with Crippen LogP contribution >= 0.6 is 11.6 Å². The van der Waals surface area contributed by atoms with E-state index in [0.717, 1.165) is 19.4 Å². The number of carboxylic acid groups (broad SMARTS) is 1. The van der Waals surface area contributed by atoms with Gasteiger partial charge in [-0.3, -0.25) is 4.79 Å². The van der Waals surface area contributed by atoms with E-state index in [1.165, 1.54) is 0 Å². The molecule has 0 radical (unpaired) electrons. The van der Waals surface area contributed by atoms with Gasteiger partial charge in [0.05, 0.1) is 11.1 Å². The molecule has 0 spiro atoms. The Labute approximate surface area is 140 Å². The van der Waals surface area contributed by atoms with Crippen molar-refractivity contribution in [2.45, 2.75) is 32.2 Å². The van der Waals surface area contributed by atoms with Gasteiger partial charge in [-0.2, -0.15) is 4.98 Å². The number of rotatable bonds is 2. The number of fused-ring (bicyclic) bond motifs is 1. The second-order valence-corrected chi connectivity index (χ2v) is 6.94. The van der Waals surface area contributed by atoms with Crippen molar-refractivity contribution in [2.24, 2.45) is 5.41 Å². The summed E-state index contributed by atoms with van der Waals surface area (Å²) in [6, 6.07) is -0.0601. The Hall–Kier alpha value is -1.60. The van der Waals surface area contributed by atoms with Crippen molar-refractivity contribution in [3.05, 3.63) is 10.7 Å². The van der Waals surface area contributed by atoms with Crippen molar-refractivity contribution in [3.8, 4) is 0 Å². The topological polar surface area (TPSA) is 95.6 Å². The van der Waals surface area contributed by atoms with E-state index in [2.05, 4.69) is 14.9 Å². The zero-order valence-corrected chi connectivity index (χ0v) is 14.2. The molecule has 0 aliphatic carbocycles. The molecule has 2 aliphatic rings. The van der Waals surface area contributed by atoms with E-state index in [1.54, 1.807) is 6.92 Å². The predicted molar refractivity (Wildman–Crippen MR) is 88.7 cm³/mol. The highest BCUT2D eigenvalue weighted by Gasteiger charge is 2.52. The molecule has 23 heavy (non-hydrogen) atoms. The third-order valence-electron chi connectivity index (χ3n) is 5.27. The van der Waals surface area contributed by atoms with Gasteiger partial charge in [-0.25, -0.2) is 4.98 Å². The summed E-state index contributed by atoms with van der Waals surface area (Å²) in [5, 5.41) is 10.3. The summed E-state index contributed by atoms with van der Waals surface area (Å²) < 4.78 is 0. The Balaban J connectivity index is 1.94. The molecule has 8 heteroatoms. The molecule has 0 unspecified atom stereocenters. The number of nitrogens with two attached hydrogens (primary N) is 1. The first-order valence-corrected chi connectivity index (χ1v) is 8.21. The summed E-state index contributed by atoms with van der Waals surface area (Å²) in [6.45, 7) is 3.89. The molecule has 1 aromatic heterocycles. The third-order valence-corrected chi connectivity index (χ3v) is 5.71. The van der Waals surface area contributed by atoms with E-state index in [0.29, 0.717) is 36.0 Å². The number of anilines is 2. The number of carboxylic acids is 1. The lowest BCUT2D eigenvalue weighted by Crippen LogP contribution is -2.63. The minimum atomic E-state index is -0.696. The molecule has 3 heterocycles. The van der Waals surface area contributed by atoms with Crippen LogP contribution in [0.15, 0.2) is 0 Å². The first-order chi connectivity index (χ1) is 10.8. The first kappa shape index (κ1) is 16.3. The smallest absolute Gasteiger partial charge is 0.311 e. The molecule has 2 aliphatic heterocycles. The van der Waals surface area contributed by atoms with Crippen molar-refractivity contribution in [1.29, 1.82) is 0 Å². The Morgan fingerprint density at radius 3 is 2.83 bits per heavy atom. The molecular formula is C15H22ClN5O2. The number of nitrogens with zero attached hydrogens (tertiary/aromatic N) is 4. The molecule has 0 amide bonds. The van der Waals surface area contributed by atoms with Gasteiger partial charge in [0.15, 0.2) is 5.82 Å². The molecule has 0 saturated carbocycles. The lowest BCUT2D eigenvalue weighted by Gasteiger charge is -2.52. The zero-order valence-electron chi connectivity index (χ0n) is 13.4. The van der Waals surface area contributed by atoms with Crippen molar-refractivity contribution in [1.82, 2.24) is 14.9 Å². The van der Waals surface area contributed by atoms with Gasteiger partial charge >= 0.3 is 5.97 Å². The highest BCUT2D eigenvalue weighted by molar-refractivity contribution is 6.33. The number of likely N-dealkylation sites (N-methyl/N-ethyl adjacent to an activating group) is 1. The van der Waals surface area contributed by atoms with Crippen LogP contribution < -0.4 is 10.6 Å². The molecule has 126 valence electrons. The average Bonchev–Trinajstić information content (AvgIpc) is 2.51. The molecule has 0 aromatic carbocycles. The van der Waals surface area contributed by atoms with E-state index < -0.39 is 11.4 Å². The number of hydrogen-bond acceptors (Lipinski definition) is 6. The maximum absolute atomic E-state index is 12.0. The van der Waals surface area contributed by atoms with Crippen molar-refractivity contribution >= 4 is 29.3 Å². The highest BCUT2D eigenvalue weighted by atomic mass is 35.5. The van der Waals surface area contributed by atoms with E-state index in [4.69, 9.17) is 17.3 Å². The van der Waals surface area contributed by atoms with Crippen LogP contribution in [-0.4, -0.2) is 58.7 Å². The Morgan fingerprint density at radius 1 is 1.39 bits per heavy atom. The van der Waals surface area contributed by atoms with Gasteiger partial charge in [-0.1, -0.05) is 11.6 Å². The van der Waals surface area contributed by atoms with Gasteiger partial charge in [-0.05, 0) is 39.8 Å². The zero-order chi connectivity index (χ0) is 16.8. The maximum atomic E-state index is 12.0. The Kier molecular flexibility index (Phi) is 4.10. The minimum Gasteiger partial charge on any atom is -0.481 e. The van der Waals surface area contributed by atoms with Crippen LogP contribution in [0.5, 0.6) is 0 Å². The maximum Gasteiger partial charge on any atom is 0.311 e. The Bertz CT molecular complexity index is 641. The summed E-state index contributed by atoms with van der Waals surface area (Å²) in [5.41, 5.74) is 5.72. The molecular weight excluding hydrogens is 318 g/mol. The van der Waals surface area contributed by atoms with E-state index >= 15 is 0 Å². The third kappa shape index (κ3) is 2.61. The molecule has 3 N–H and O–H groups in total. The summed E-state index contributed by atoms with van der Waals surface area (Å²) >= 11 is 6.36. The van der Waals surface area contributed by atoms with Crippen LogP contribution in [-0.2, 0) is 4.79 Å². The largest absolute Gasteiger partial charge is 0.481 e. The van der Waals surface area contributed by atoms with Crippen LogP contribution in [0.25, 0.3) is 0 Å². The van der Waals surface area contributed by atoms with Gasteiger partial charge in [0.1, 0.15) is 5.02 Å². The average molecular weight is 340 g/mol. The van der Waals surface area contributed by atoms with E-state index in [9.17, 15) is 9.90 Å². The standard InChI is InChI=1S/C15H22ClN5O2/c1-9-11(16)12(19-14(17)18-9)21-7-5-15(13(22)23)4-3-6-20(2)10(15)8-21/h10H,3-8H2,1-2H3,(H,22,23)(H2,17,18,19)/t10-,15+/m1/s1. The predicted octanol–water partition coefficient (Wildman–Crippen LogP) is 1.40. The van der Waals surface area contributed by atoms with Crippen molar-refractivity contribution in [3.63, 3.8) is 0 Å².